The summed E-state index contributed by atoms with van der Waals surface area (Å²) in [5, 5.41) is 8.88. The maximum atomic E-state index is 11.4. The monoisotopic (exact) mass is 266 g/mol. The number of hydrogen-bond acceptors (Lipinski definition) is 5. The number of esters is 1. The van der Waals surface area contributed by atoms with E-state index in [0.717, 1.165) is 6.42 Å². The average molecular weight is 266 g/mol. The number of carbonyl (C=O) groups is 2. The Hall–Kier alpha value is -2.11. The number of aliphatic carboxylic acids is 1. The highest BCUT2D eigenvalue weighted by molar-refractivity contribution is 5.90. The van der Waals surface area contributed by atoms with Crippen LogP contribution in [0.3, 0.4) is 0 Å². The lowest BCUT2D eigenvalue weighted by Crippen LogP contribution is -2.31. The fourth-order valence-corrected chi connectivity index (χ4v) is 1.76. The number of carboxylic acid groups (broad SMARTS) is 1. The molecule has 0 fully saturated rings. The van der Waals surface area contributed by atoms with Crippen molar-refractivity contribution in [2.45, 2.75) is 20.3 Å². The van der Waals surface area contributed by atoms with Gasteiger partial charge < -0.3 is 14.7 Å². The van der Waals surface area contributed by atoms with Crippen LogP contribution in [-0.2, 0) is 9.53 Å². The minimum Gasteiger partial charge on any atom is -0.480 e. The molecule has 1 aromatic rings. The molecule has 6 heteroatoms. The number of rotatable bonds is 6. The molecule has 0 aliphatic carbocycles. The number of pyridine rings is 1. The lowest BCUT2D eigenvalue weighted by molar-refractivity contribution is -0.135. The third-order valence-electron chi connectivity index (χ3n) is 2.62. The molecule has 0 aromatic carbocycles. The smallest absolute Gasteiger partial charge is 0.339 e. The lowest BCUT2D eigenvalue weighted by atomic mass is 10.2. The van der Waals surface area contributed by atoms with Gasteiger partial charge >= 0.3 is 11.9 Å². The summed E-state index contributed by atoms with van der Waals surface area (Å²) < 4.78 is 4.64. The van der Waals surface area contributed by atoms with E-state index in [-0.39, 0.29) is 6.54 Å². The van der Waals surface area contributed by atoms with Gasteiger partial charge in [-0.25, -0.2) is 9.78 Å². The topological polar surface area (TPSA) is 79.7 Å². The van der Waals surface area contributed by atoms with Crippen LogP contribution < -0.4 is 4.90 Å². The Balaban J connectivity index is 3.02. The summed E-state index contributed by atoms with van der Waals surface area (Å²) in [5.74, 6) is -0.809. The first kappa shape index (κ1) is 14.9. The van der Waals surface area contributed by atoms with Crippen molar-refractivity contribution in [2.24, 2.45) is 0 Å². The summed E-state index contributed by atoms with van der Waals surface area (Å²) in [7, 11) is 1.31. The molecule has 0 saturated heterocycles. The first-order valence-electron chi connectivity index (χ1n) is 6.02. The molecule has 19 heavy (non-hydrogen) atoms. The molecule has 0 aliphatic heterocycles. The maximum Gasteiger partial charge on any atom is 0.339 e. The van der Waals surface area contributed by atoms with Crippen molar-refractivity contribution in [1.29, 1.82) is 0 Å². The number of carbonyl (C=O) groups excluding carboxylic acids is 1. The van der Waals surface area contributed by atoms with Gasteiger partial charge in [-0.1, -0.05) is 6.92 Å². The van der Waals surface area contributed by atoms with E-state index in [9.17, 15) is 9.59 Å². The first-order valence-corrected chi connectivity index (χ1v) is 6.02. The second-order valence-electron chi connectivity index (χ2n) is 4.11. The second kappa shape index (κ2) is 6.72. The van der Waals surface area contributed by atoms with Crippen molar-refractivity contribution in [1.82, 2.24) is 4.98 Å². The normalized spacial score (nSPS) is 10.1. The van der Waals surface area contributed by atoms with Crippen molar-refractivity contribution in [3.8, 4) is 0 Å². The van der Waals surface area contributed by atoms with Crippen molar-refractivity contribution in [2.75, 3.05) is 25.1 Å². The number of carboxylic acids is 1. The van der Waals surface area contributed by atoms with Gasteiger partial charge in [-0.15, -0.1) is 0 Å². The molecular formula is C13H18N2O4. The number of aromatic nitrogens is 1. The van der Waals surface area contributed by atoms with Crippen LogP contribution in [0.4, 0.5) is 5.82 Å². The SMILES string of the molecule is CCCN(CC(=O)O)c1ccc(C(=O)OC)c(C)n1. The van der Waals surface area contributed by atoms with Crippen LogP contribution in [0.1, 0.15) is 29.4 Å². The quantitative estimate of drug-likeness (QED) is 0.785. The predicted octanol–water partition coefficient (Wildman–Crippen LogP) is 1.48. The molecule has 0 saturated carbocycles. The van der Waals surface area contributed by atoms with Crippen LogP contribution in [0.15, 0.2) is 12.1 Å². The summed E-state index contributed by atoms with van der Waals surface area (Å²) in [5.41, 5.74) is 0.911. The molecule has 0 bridgehead atoms. The van der Waals surface area contributed by atoms with E-state index in [4.69, 9.17) is 5.11 Å². The third kappa shape index (κ3) is 3.94. The van der Waals surface area contributed by atoms with E-state index in [2.05, 4.69) is 9.72 Å². The number of hydrogen-bond donors (Lipinski definition) is 1. The molecule has 0 spiro atoms. The minimum atomic E-state index is -0.912. The van der Waals surface area contributed by atoms with Crippen molar-refractivity contribution < 1.29 is 19.4 Å². The van der Waals surface area contributed by atoms with Gasteiger partial charge in [0.25, 0.3) is 0 Å². The summed E-state index contributed by atoms with van der Waals surface area (Å²) in [4.78, 5) is 28.2. The van der Waals surface area contributed by atoms with Crippen LogP contribution in [0.2, 0.25) is 0 Å². The molecule has 0 atom stereocenters. The highest BCUT2D eigenvalue weighted by atomic mass is 16.5. The average Bonchev–Trinajstić information content (AvgIpc) is 2.36. The van der Waals surface area contributed by atoms with E-state index in [1.807, 2.05) is 6.92 Å². The van der Waals surface area contributed by atoms with E-state index >= 15 is 0 Å². The molecule has 0 aliphatic rings. The summed E-state index contributed by atoms with van der Waals surface area (Å²) in [6, 6.07) is 3.24. The molecule has 0 radical (unpaired) electrons. The van der Waals surface area contributed by atoms with Gasteiger partial charge in [-0.05, 0) is 25.5 Å². The van der Waals surface area contributed by atoms with Crippen LogP contribution in [0, 0.1) is 6.92 Å². The molecule has 1 rings (SSSR count). The van der Waals surface area contributed by atoms with Gasteiger partial charge in [-0.2, -0.15) is 0 Å². The van der Waals surface area contributed by atoms with E-state index < -0.39 is 11.9 Å². The predicted molar refractivity (Wildman–Crippen MR) is 70.5 cm³/mol. The fourth-order valence-electron chi connectivity index (χ4n) is 1.76. The molecule has 6 nitrogen and oxygen atoms in total. The van der Waals surface area contributed by atoms with Gasteiger partial charge in [0.1, 0.15) is 12.4 Å². The Morgan fingerprint density at radius 3 is 2.58 bits per heavy atom. The Labute approximate surface area is 112 Å². The summed E-state index contributed by atoms with van der Waals surface area (Å²) in [6.07, 6.45) is 0.812. The van der Waals surface area contributed by atoms with E-state index in [1.54, 1.807) is 24.0 Å². The molecule has 1 N–H and O–H groups in total. The van der Waals surface area contributed by atoms with Crippen molar-refractivity contribution >= 4 is 17.8 Å². The minimum absolute atomic E-state index is 0.113. The molecule has 1 aromatic heterocycles. The Kier molecular flexibility index (Phi) is 5.29. The highest BCUT2D eigenvalue weighted by Crippen LogP contribution is 2.16. The van der Waals surface area contributed by atoms with Crippen LogP contribution in [-0.4, -0.2) is 42.2 Å². The Morgan fingerprint density at radius 1 is 1.42 bits per heavy atom. The summed E-state index contributed by atoms with van der Waals surface area (Å²) >= 11 is 0. The first-order chi connectivity index (χ1) is 8.99. The van der Waals surface area contributed by atoms with Crippen molar-refractivity contribution in [3.63, 3.8) is 0 Å². The summed E-state index contributed by atoms with van der Waals surface area (Å²) in [6.45, 7) is 4.14. The second-order valence-corrected chi connectivity index (χ2v) is 4.11. The van der Waals surface area contributed by atoms with Crippen LogP contribution in [0.25, 0.3) is 0 Å². The Bertz CT molecular complexity index is 474. The number of ether oxygens (including phenoxy) is 1. The highest BCUT2D eigenvalue weighted by Gasteiger charge is 2.15. The van der Waals surface area contributed by atoms with Gasteiger partial charge in [0, 0.05) is 6.54 Å². The maximum absolute atomic E-state index is 11.4. The van der Waals surface area contributed by atoms with Crippen LogP contribution >= 0.6 is 0 Å². The molecule has 0 amide bonds. The Morgan fingerprint density at radius 2 is 2.11 bits per heavy atom. The lowest BCUT2D eigenvalue weighted by Gasteiger charge is -2.21. The number of nitrogens with zero attached hydrogens (tertiary/aromatic N) is 2. The molecule has 104 valence electrons. The largest absolute Gasteiger partial charge is 0.480 e. The zero-order valence-electron chi connectivity index (χ0n) is 11.3. The molecule has 0 unspecified atom stereocenters. The number of anilines is 1. The molecule has 1 heterocycles. The number of methoxy groups -OCH3 is 1. The van der Waals surface area contributed by atoms with Gasteiger partial charge in [0.15, 0.2) is 0 Å². The van der Waals surface area contributed by atoms with Crippen molar-refractivity contribution in [3.05, 3.63) is 23.4 Å². The zero-order chi connectivity index (χ0) is 14.4. The van der Waals surface area contributed by atoms with E-state index in [1.165, 1.54) is 7.11 Å². The van der Waals surface area contributed by atoms with Gasteiger partial charge in [-0.3, -0.25) is 4.79 Å². The van der Waals surface area contributed by atoms with Gasteiger partial charge in [0.05, 0.1) is 18.4 Å². The molecular weight excluding hydrogens is 248 g/mol. The van der Waals surface area contributed by atoms with E-state index in [0.29, 0.717) is 23.6 Å². The van der Waals surface area contributed by atoms with Crippen LogP contribution in [0.5, 0.6) is 0 Å². The van der Waals surface area contributed by atoms with Gasteiger partial charge in [0.2, 0.25) is 0 Å². The standard InChI is InChI=1S/C13H18N2O4/c1-4-7-15(8-12(16)17)11-6-5-10(9(2)14-11)13(18)19-3/h5-6H,4,7-8H2,1-3H3,(H,16,17). The third-order valence-corrected chi connectivity index (χ3v) is 2.62. The fraction of sp³-hybridized carbons (Fsp3) is 0.462. The number of aryl methyl sites for hydroxylation is 1. The zero-order valence-corrected chi connectivity index (χ0v) is 11.3.